The normalized spacial score (nSPS) is 42.4. The van der Waals surface area contributed by atoms with Crippen LogP contribution in [0.4, 0.5) is 0 Å². The fourth-order valence-corrected chi connectivity index (χ4v) is 6.70. The lowest BCUT2D eigenvalue weighted by atomic mass is 9.48. The monoisotopic (exact) mass is 542 g/mol. The van der Waals surface area contributed by atoms with Gasteiger partial charge in [0, 0.05) is 30.8 Å². The van der Waals surface area contributed by atoms with E-state index in [0.717, 1.165) is 17.6 Å². The molecule has 0 aromatic rings. The van der Waals surface area contributed by atoms with E-state index in [-0.39, 0.29) is 13.0 Å². The highest BCUT2D eigenvalue weighted by Gasteiger charge is 2.89. The molecule has 2 N–H and O–H groups in total. The molecular weight excluding hydrogens is 500 g/mol. The maximum atomic E-state index is 13.0. The number of allylic oxidation sites excluding steroid dienone is 7. The molecule has 8 heteroatoms. The number of esters is 2. The van der Waals surface area contributed by atoms with Gasteiger partial charge in [0.25, 0.3) is 0 Å². The summed E-state index contributed by atoms with van der Waals surface area (Å²) in [4.78, 5) is 25.0. The molecule has 2 saturated heterocycles. The molecule has 4 fully saturated rings. The first-order valence-electron chi connectivity index (χ1n) is 13.7. The molecule has 2 saturated carbocycles. The van der Waals surface area contributed by atoms with E-state index in [2.05, 4.69) is 26.5 Å². The summed E-state index contributed by atoms with van der Waals surface area (Å²) in [6, 6.07) is 0. The third kappa shape index (κ3) is 4.97. The van der Waals surface area contributed by atoms with Crippen LogP contribution in [0.25, 0.3) is 0 Å². The van der Waals surface area contributed by atoms with Crippen LogP contribution in [0, 0.1) is 17.3 Å². The first kappa shape index (κ1) is 29.5. The van der Waals surface area contributed by atoms with Gasteiger partial charge in [0.2, 0.25) is 5.79 Å². The van der Waals surface area contributed by atoms with Crippen molar-refractivity contribution in [3.05, 3.63) is 60.3 Å². The molecule has 9 atom stereocenters. The molecule has 8 nitrogen and oxygen atoms in total. The predicted octanol–water partition coefficient (Wildman–Crippen LogP) is 4.08. The van der Waals surface area contributed by atoms with Crippen LogP contribution in [0.1, 0.15) is 60.8 Å². The largest absolute Gasteiger partial charge is 0.458 e. The van der Waals surface area contributed by atoms with Gasteiger partial charge in [-0.25, -0.2) is 4.79 Å². The molecule has 0 amide bonds. The maximum Gasteiger partial charge on any atom is 0.331 e. The van der Waals surface area contributed by atoms with E-state index in [1.54, 1.807) is 19.1 Å². The van der Waals surface area contributed by atoms with Gasteiger partial charge in [-0.2, -0.15) is 0 Å². The van der Waals surface area contributed by atoms with Crippen molar-refractivity contribution in [1.82, 2.24) is 0 Å². The molecule has 1 spiro atoms. The number of carbonyl (C=O) groups is 2. The summed E-state index contributed by atoms with van der Waals surface area (Å²) in [6.07, 6.45) is 11.0. The summed E-state index contributed by atoms with van der Waals surface area (Å²) >= 11 is 0. The summed E-state index contributed by atoms with van der Waals surface area (Å²) in [5.41, 5.74) is -1.74. The second kappa shape index (κ2) is 10.5. The number of ether oxygens (including phenoxy) is 4. The molecule has 2 heterocycles. The molecule has 0 aromatic carbocycles. The average Bonchev–Trinajstić information content (AvgIpc) is 3.56. The average molecular weight is 543 g/mol. The third-order valence-corrected chi connectivity index (χ3v) is 9.20. The minimum Gasteiger partial charge on any atom is -0.458 e. The SMILES string of the molecule is C=C1COC2(O)C1CC1(C)C(C)(O)CC(OC(C)=O)C(OC(=O)C=CC=CC=CC(C)=CC(C)CC)C13OC23. The van der Waals surface area contributed by atoms with Crippen LogP contribution in [0.5, 0.6) is 0 Å². The molecule has 0 radical (unpaired) electrons. The van der Waals surface area contributed by atoms with E-state index < -0.39 is 58.6 Å². The Morgan fingerprint density at radius 3 is 2.41 bits per heavy atom. The quantitative estimate of drug-likeness (QED) is 0.155. The zero-order valence-corrected chi connectivity index (χ0v) is 23.8. The van der Waals surface area contributed by atoms with Crippen molar-refractivity contribution in [2.45, 2.75) is 96.1 Å². The van der Waals surface area contributed by atoms with Crippen molar-refractivity contribution in [2.75, 3.05) is 6.61 Å². The van der Waals surface area contributed by atoms with Crippen LogP contribution in [0.15, 0.2) is 60.3 Å². The van der Waals surface area contributed by atoms with Crippen molar-refractivity contribution in [2.24, 2.45) is 17.3 Å². The lowest BCUT2D eigenvalue weighted by Gasteiger charge is -2.58. The number of fused-ring (bicyclic) bond motifs is 2. The van der Waals surface area contributed by atoms with E-state index in [9.17, 15) is 19.8 Å². The van der Waals surface area contributed by atoms with Crippen LogP contribution in [0.2, 0.25) is 0 Å². The predicted molar refractivity (Wildman–Crippen MR) is 145 cm³/mol. The molecule has 214 valence electrons. The minimum absolute atomic E-state index is 0.0370. The Bertz CT molecular complexity index is 1130. The Labute approximate surface area is 231 Å². The highest BCUT2D eigenvalue weighted by Crippen LogP contribution is 2.73. The van der Waals surface area contributed by atoms with Crippen molar-refractivity contribution in [3.8, 4) is 0 Å². The van der Waals surface area contributed by atoms with Gasteiger partial charge >= 0.3 is 11.9 Å². The first-order valence-corrected chi connectivity index (χ1v) is 13.7. The fraction of sp³-hybridized carbons (Fsp3) is 0.613. The van der Waals surface area contributed by atoms with Gasteiger partial charge in [-0.1, -0.05) is 75.8 Å². The highest BCUT2D eigenvalue weighted by atomic mass is 16.7. The van der Waals surface area contributed by atoms with Crippen LogP contribution in [0.3, 0.4) is 0 Å². The van der Waals surface area contributed by atoms with Crippen LogP contribution in [-0.4, -0.2) is 64.1 Å². The van der Waals surface area contributed by atoms with E-state index in [0.29, 0.717) is 12.3 Å². The molecule has 9 unspecified atom stereocenters. The lowest BCUT2D eigenvalue weighted by molar-refractivity contribution is -0.265. The number of aliphatic hydroxyl groups is 2. The number of rotatable bonds is 8. The molecule has 0 aromatic heterocycles. The Hall–Kier alpha value is -2.52. The van der Waals surface area contributed by atoms with Crippen molar-refractivity contribution < 1.29 is 38.7 Å². The minimum atomic E-state index is -1.66. The van der Waals surface area contributed by atoms with Gasteiger partial charge in [0.1, 0.15) is 17.8 Å². The van der Waals surface area contributed by atoms with Gasteiger partial charge in [-0.3, -0.25) is 4.79 Å². The van der Waals surface area contributed by atoms with Crippen LogP contribution < -0.4 is 0 Å². The van der Waals surface area contributed by atoms with Crippen LogP contribution >= 0.6 is 0 Å². The van der Waals surface area contributed by atoms with Crippen molar-refractivity contribution in [3.63, 3.8) is 0 Å². The highest BCUT2D eigenvalue weighted by molar-refractivity contribution is 5.82. The summed E-state index contributed by atoms with van der Waals surface area (Å²) in [5, 5.41) is 23.2. The summed E-state index contributed by atoms with van der Waals surface area (Å²) in [7, 11) is 0. The van der Waals surface area contributed by atoms with E-state index in [1.165, 1.54) is 13.0 Å². The molecular formula is C31H42O8. The Balaban J connectivity index is 1.55. The number of hydrogen-bond donors (Lipinski definition) is 2. The Kier molecular flexibility index (Phi) is 7.91. The van der Waals surface area contributed by atoms with Gasteiger partial charge in [0.15, 0.2) is 6.10 Å². The van der Waals surface area contributed by atoms with Gasteiger partial charge in [0.05, 0.1) is 12.2 Å². The van der Waals surface area contributed by atoms with Gasteiger partial charge in [-0.05, 0) is 31.8 Å². The zero-order chi connectivity index (χ0) is 28.8. The first-order chi connectivity index (χ1) is 18.2. The summed E-state index contributed by atoms with van der Waals surface area (Å²) in [6.45, 7) is 15.4. The number of epoxide rings is 1. The summed E-state index contributed by atoms with van der Waals surface area (Å²) in [5.74, 6) is -2.83. The maximum absolute atomic E-state index is 13.0. The topological polar surface area (TPSA) is 115 Å². The molecule has 2 aliphatic heterocycles. The standard InChI is InChI=1S/C31H42O8/c1-8-19(2)15-20(3)13-11-9-10-12-14-25(33)38-26-24(37-22(5)32)17-29(7,34)28(6)16-23-21(4)18-36-31(23,35)27-30(26,28)39-27/h9-15,19,23-24,26-27,34-35H,4,8,16-18H2,1-3,5-7H3. The smallest absolute Gasteiger partial charge is 0.331 e. The summed E-state index contributed by atoms with van der Waals surface area (Å²) < 4.78 is 23.4. The van der Waals surface area contributed by atoms with E-state index >= 15 is 0 Å². The number of carbonyl (C=O) groups excluding carboxylic acids is 2. The van der Waals surface area contributed by atoms with Gasteiger partial charge in [-0.15, -0.1) is 0 Å². The fourth-order valence-electron chi connectivity index (χ4n) is 6.70. The second-order valence-electron chi connectivity index (χ2n) is 12.0. The van der Waals surface area contributed by atoms with E-state index in [1.807, 2.05) is 32.1 Å². The molecule has 2 aliphatic carbocycles. The zero-order valence-electron chi connectivity index (χ0n) is 23.8. The Morgan fingerprint density at radius 2 is 1.77 bits per heavy atom. The van der Waals surface area contributed by atoms with Gasteiger partial charge < -0.3 is 29.2 Å². The van der Waals surface area contributed by atoms with E-state index in [4.69, 9.17) is 18.9 Å². The molecule has 39 heavy (non-hydrogen) atoms. The third-order valence-electron chi connectivity index (χ3n) is 9.20. The van der Waals surface area contributed by atoms with Crippen LogP contribution in [-0.2, 0) is 28.5 Å². The lowest BCUT2D eigenvalue weighted by Crippen LogP contribution is -2.73. The van der Waals surface area contributed by atoms with Crippen molar-refractivity contribution in [1.29, 1.82) is 0 Å². The second-order valence-corrected chi connectivity index (χ2v) is 12.0. The molecule has 4 rings (SSSR count). The molecule has 0 bridgehead atoms. The Morgan fingerprint density at radius 1 is 1.10 bits per heavy atom. The number of hydrogen-bond acceptors (Lipinski definition) is 8. The molecule has 4 aliphatic rings. The van der Waals surface area contributed by atoms with Crippen molar-refractivity contribution >= 4 is 11.9 Å².